The number of rotatable bonds is 7. The van der Waals surface area contributed by atoms with E-state index in [0.29, 0.717) is 12.6 Å². The van der Waals surface area contributed by atoms with Gasteiger partial charge in [-0.25, -0.2) is 14.5 Å². The molecule has 0 aromatic rings. The lowest BCUT2D eigenvalue weighted by Gasteiger charge is -2.38. The SMILES string of the molecule is [C-]#[N+]C(C#N)=C1N(CCCN2CCCCC2)CCN1C1CCN(CCF)CC1. The maximum absolute atomic E-state index is 12.6. The number of alkyl halides is 1. The normalized spacial score (nSPS) is 24.2. The van der Waals surface area contributed by atoms with Crippen molar-refractivity contribution in [1.29, 1.82) is 5.26 Å². The topological polar surface area (TPSA) is 41.1 Å². The van der Waals surface area contributed by atoms with E-state index in [9.17, 15) is 9.65 Å². The summed E-state index contributed by atoms with van der Waals surface area (Å²) >= 11 is 0. The van der Waals surface area contributed by atoms with Gasteiger partial charge >= 0.3 is 5.70 Å². The van der Waals surface area contributed by atoms with E-state index < -0.39 is 0 Å². The van der Waals surface area contributed by atoms with Crippen molar-refractivity contribution in [1.82, 2.24) is 19.6 Å². The molecule has 0 aliphatic carbocycles. The summed E-state index contributed by atoms with van der Waals surface area (Å²) in [4.78, 5) is 12.8. The zero-order valence-corrected chi connectivity index (χ0v) is 17.0. The molecule has 0 aromatic carbocycles. The predicted octanol–water partition coefficient (Wildman–Crippen LogP) is 2.53. The Morgan fingerprint density at radius 1 is 1.00 bits per heavy atom. The van der Waals surface area contributed by atoms with Crippen LogP contribution in [0.5, 0.6) is 0 Å². The third-order valence-corrected chi connectivity index (χ3v) is 6.36. The fourth-order valence-electron chi connectivity index (χ4n) is 4.85. The highest BCUT2D eigenvalue weighted by Gasteiger charge is 2.34. The molecule has 3 aliphatic rings. The summed E-state index contributed by atoms with van der Waals surface area (Å²) in [5, 5.41) is 9.53. The molecule has 0 amide bonds. The fourth-order valence-corrected chi connectivity index (χ4v) is 4.85. The molecule has 154 valence electrons. The minimum atomic E-state index is -0.291. The van der Waals surface area contributed by atoms with Crippen LogP contribution in [0.3, 0.4) is 0 Å². The van der Waals surface area contributed by atoms with Gasteiger partial charge in [0.1, 0.15) is 12.5 Å². The molecule has 28 heavy (non-hydrogen) atoms. The second-order valence-electron chi connectivity index (χ2n) is 8.09. The minimum absolute atomic E-state index is 0.224. The van der Waals surface area contributed by atoms with Crippen molar-refractivity contribution >= 4 is 0 Å². The first-order chi connectivity index (χ1) is 13.8. The van der Waals surface area contributed by atoms with Gasteiger partial charge < -0.3 is 19.6 Å². The van der Waals surface area contributed by atoms with E-state index in [1.54, 1.807) is 0 Å². The summed E-state index contributed by atoms with van der Waals surface area (Å²) in [6, 6.07) is 2.48. The Morgan fingerprint density at radius 2 is 1.71 bits per heavy atom. The van der Waals surface area contributed by atoms with E-state index >= 15 is 0 Å². The fraction of sp³-hybridized carbons (Fsp3) is 0.810. The summed E-state index contributed by atoms with van der Waals surface area (Å²) in [6.07, 6.45) is 6.98. The lowest BCUT2D eigenvalue weighted by molar-refractivity contribution is 0.132. The molecular formula is C21H33FN6. The van der Waals surface area contributed by atoms with Crippen LogP contribution < -0.4 is 0 Å². The lowest BCUT2D eigenvalue weighted by Crippen LogP contribution is -2.44. The minimum Gasteiger partial charge on any atom is -0.365 e. The van der Waals surface area contributed by atoms with Gasteiger partial charge in [0.25, 0.3) is 0 Å². The van der Waals surface area contributed by atoms with E-state index in [4.69, 9.17) is 6.57 Å². The van der Waals surface area contributed by atoms with Crippen molar-refractivity contribution in [2.24, 2.45) is 0 Å². The molecule has 3 fully saturated rings. The molecule has 0 bridgehead atoms. The Hall–Kier alpha value is -1.83. The number of hydrogen-bond donors (Lipinski definition) is 0. The molecule has 0 aromatic heterocycles. The van der Waals surface area contributed by atoms with Crippen LogP contribution in [-0.2, 0) is 0 Å². The predicted molar refractivity (Wildman–Crippen MR) is 108 cm³/mol. The molecule has 0 atom stereocenters. The second-order valence-corrected chi connectivity index (χ2v) is 8.09. The number of likely N-dealkylation sites (tertiary alicyclic amines) is 2. The molecule has 3 aliphatic heterocycles. The average Bonchev–Trinajstić information content (AvgIpc) is 3.14. The Balaban J connectivity index is 1.60. The van der Waals surface area contributed by atoms with Crippen molar-refractivity contribution in [2.75, 3.05) is 65.6 Å². The zero-order valence-electron chi connectivity index (χ0n) is 17.0. The molecule has 7 heteroatoms. The maximum Gasteiger partial charge on any atom is 0.300 e. The molecule has 3 heterocycles. The van der Waals surface area contributed by atoms with Crippen LogP contribution in [-0.4, -0.2) is 91.2 Å². The van der Waals surface area contributed by atoms with E-state index in [1.807, 2.05) is 0 Å². The number of nitriles is 1. The zero-order chi connectivity index (χ0) is 19.8. The van der Waals surface area contributed by atoms with Crippen LogP contribution in [0.1, 0.15) is 38.5 Å². The molecule has 0 spiro atoms. The highest BCUT2D eigenvalue weighted by molar-refractivity contribution is 5.34. The van der Waals surface area contributed by atoms with E-state index in [-0.39, 0.29) is 12.4 Å². The number of nitrogens with zero attached hydrogens (tertiary/aromatic N) is 6. The van der Waals surface area contributed by atoms with Gasteiger partial charge in [-0.15, -0.1) is 0 Å². The van der Waals surface area contributed by atoms with Crippen molar-refractivity contribution in [3.63, 3.8) is 0 Å². The molecular weight excluding hydrogens is 355 g/mol. The maximum atomic E-state index is 12.6. The van der Waals surface area contributed by atoms with E-state index in [0.717, 1.165) is 64.4 Å². The Labute approximate surface area is 169 Å². The summed E-state index contributed by atoms with van der Waals surface area (Å²) in [5.74, 6) is 0.847. The van der Waals surface area contributed by atoms with Crippen LogP contribution >= 0.6 is 0 Å². The monoisotopic (exact) mass is 388 g/mol. The van der Waals surface area contributed by atoms with Gasteiger partial charge in [0.05, 0.1) is 12.6 Å². The molecule has 3 saturated heterocycles. The van der Waals surface area contributed by atoms with Crippen molar-refractivity contribution < 1.29 is 4.39 Å². The molecule has 0 radical (unpaired) electrons. The number of hydrogen-bond acceptors (Lipinski definition) is 5. The third kappa shape index (κ3) is 5.16. The van der Waals surface area contributed by atoms with Gasteiger partial charge in [-0.3, -0.25) is 0 Å². The molecule has 0 saturated carbocycles. The molecule has 3 rings (SSSR count). The summed E-state index contributed by atoms with van der Waals surface area (Å²) in [6.45, 7) is 15.7. The van der Waals surface area contributed by atoms with Crippen molar-refractivity contribution in [3.8, 4) is 6.07 Å². The van der Waals surface area contributed by atoms with Crippen LogP contribution in [0, 0.1) is 17.9 Å². The smallest absolute Gasteiger partial charge is 0.300 e. The quantitative estimate of drug-likeness (QED) is 0.495. The van der Waals surface area contributed by atoms with Crippen LogP contribution in [0.15, 0.2) is 11.5 Å². The molecule has 0 N–H and O–H groups in total. The average molecular weight is 389 g/mol. The number of halogens is 1. The van der Waals surface area contributed by atoms with Gasteiger partial charge in [0.2, 0.25) is 0 Å². The largest absolute Gasteiger partial charge is 0.365 e. The Morgan fingerprint density at radius 3 is 2.36 bits per heavy atom. The van der Waals surface area contributed by atoms with Crippen LogP contribution in [0.2, 0.25) is 0 Å². The van der Waals surface area contributed by atoms with E-state index in [1.165, 1.54) is 32.4 Å². The summed E-state index contributed by atoms with van der Waals surface area (Å²) in [5.41, 5.74) is 0.224. The molecule has 6 nitrogen and oxygen atoms in total. The lowest BCUT2D eigenvalue weighted by atomic mass is 10.0. The van der Waals surface area contributed by atoms with Gasteiger partial charge in [0, 0.05) is 45.3 Å². The van der Waals surface area contributed by atoms with Crippen LogP contribution in [0.25, 0.3) is 4.85 Å². The van der Waals surface area contributed by atoms with E-state index in [2.05, 4.69) is 30.5 Å². The number of allylic oxidation sites excluding steroid dienone is 1. The highest BCUT2D eigenvalue weighted by Crippen LogP contribution is 2.29. The standard InChI is InChI=1S/C21H33FN6/c1-24-20(18-23)21-27(12-5-11-25-9-3-2-4-10-25)16-17-28(21)19-6-13-26(14-7-19)15-8-22/h19H,2-17H2. The third-order valence-electron chi connectivity index (χ3n) is 6.36. The highest BCUT2D eigenvalue weighted by atomic mass is 19.1. The van der Waals surface area contributed by atoms with Crippen molar-refractivity contribution in [2.45, 2.75) is 44.6 Å². The first kappa shape index (κ1) is 20.9. The first-order valence-corrected chi connectivity index (χ1v) is 10.8. The van der Waals surface area contributed by atoms with Gasteiger partial charge in [0.15, 0.2) is 0 Å². The summed E-state index contributed by atoms with van der Waals surface area (Å²) in [7, 11) is 0. The van der Waals surface area contributed by atoms with Gasteiger partial charge in [-0.1, -0.05) is 6.42 Å². The first-order valence-electron chi connectivity index (χ1n) is 10.8. The van der Waals surface area contributed by atoms with Gasteiger partial charge in [-0.2, -0.15) is 0 Å². The Bertz CT molecular complexity index is 591. The van der Waals surface area contributed by atoms with Crippen molar-refractivity contribution in [3.05, 3.63) is 22.9 Å². The second kappa shape index (κ2) is 10.6. The Kier molecular flexibility index (Phi) is 7.94. The molecule has 0 unspecified atom stereocenters. The number of piperidine rings is 2. The van der Waals surface area contributed by atoms with Gasteiger partial charge in [-0.05, 0) is 51.7 Å². The summed E-state index contributed by atoms with van der Waals surface area (Å²) < 4.78 is 12.6. The van der Waals surface area contributed by atoms with Crippen LogP contribution in [0.4, 0.5) is 4.39 Å².